The van der Waals surface area contributed by atoms with E-state index in [-0.39, 0.29) is 36.7 Å². The van der Waals surface area contributed by atoms with Crippen LogP contribution in [-0.4, -0.2) is 37.0 Å². The normalized spacial score (nSPS) is 11.4. The van der Waals surface area contributed by atoms with Crippen LogP contribution < -0.4 is 10.6 Å². The second-order valence-corrected chi connectivity index (χ2v) is 5.20. The highest BCUT2D eigenvalue weighted by molar-refractivity contribution is 5.94. The molecule has 0 aromatic heterocycles. The summed E-state index contributed by atoms with van der Waals surface area (Å²) >= 11 is 0. The Kier molecular flexibility index (Phi) is 8.42. The highest BCUT2D eigenvalue weighted by Crippen LogP contribution is 2.00. The molecular weight excluding hydrogens is 296 g/mol. The van der Waals surface area contributed by atoms with Gasteiger partial charge in [-0.3, -0.25) is 14.4 Å². The monoisotopic (exact) mass is 320 g/mol. The molecule has 6 heteroatoms. The molecule has 23 heavy (non-hydrogen) atoms. The van der Waals surface area contributed by atoms with Crippen molar-refractivity contribution in [2.45, 2.75) is 39.2 Å². The van der Waals surface area contributed by atoms with Crippen LogP contribution in [0.5, 0.6) is 0 Å². The van der Waals surface area contributed by atoms with Gasteiger partial charge in [0.25, 0.3) is 5.91 Å². The van der Waals surface area contributed by atoms with Gasteiger partial charge in [0, 0.05) is 31.0 Å². The van der Waals surface area contributed by atoms with E-state index in [4.69, 9.17) is 4.74 Å². The maximum absolute atomic E-state index is 11.9. The lowest BCUT2D eigenvalue weighted by atomic mass is 10.1. The Balaban J connectivity index is 2.21. The van der Waals surface area contributed by atoms with Gasteiger partial charge in [-0.2, -0.15) is 0 Å². The molecule has 1 aromatic carbocycles. The van der Waals surface area contributed by atoms with Gasteiger partial charge in [0.15, 0.2) is 0 Å². The fourth-order valence-electron chi connectivity index (χ4n) is 1.99. The van der Waals surface area contributed by atoms with E-state index in [9.17, 15) is 14.4 Å². The number of hydrogen-bond acceptors (Lipinski definition) is 4. The number of ether oxygens (including phenoxy) is 1. The van der Waals surface area contributed by atoms with Gasteiger partial charge >= 0.3 is 5.97 Å². The third-order valence-electron chi connectivity index (χ3n) is 3.09. The van der Waals surface area contributed by atoms with Gasteiger partial charge in [0.2, 0.25) is 5.91 Å². The Hall–Kier alpha value is -2.37. The molecule has 0 aliphatic heterocycles. The van der Waals surface area contributed by atoms with Crippen molar-refractivity contribution in [3.05, 3.63) is 35.9 Å². The summed E-state index contributed by atoms with van der Waals surface area (Å²) in [6, 6.07) is 8.58. The summed E-state index contributed by atoms with van der Waals surface area (Å²) in [5, 5.41) is 5.50. The molecule has 0 radical (unpaired) electrons. The van der Waals surface area contributed by atoms with Gasteiger partial charge in [-0.1, -0.05) is 18.2 Å². The van der Waals surface area contributed by atoms with Gasteiger partial charge in [-0.25, -0.2) is 0 Å². The lowest BCUT2D eigenvalue weighted by Crippen LogP contribution is -2.37. The Labute approximate surface area is 136 Å². The van der Waals surface area contributed by atoms with Crippen molar-refractivity contribution in [2.24, 2.45) is 0 Å². The lowest BCUT2D eigenvalue weighted by Gasteiger charge is -2.14. The van der Waals surface area contributed by atoms with Crippen LogP contribution in [-0.2, 0) is 14.3 Å². The first-order valence-electron chi connectivity index (χ1n) is 7.81. The van der Waals surface area contributed by atoms with E-state index in [1.165, 1.54) is 0 Å². The second-order valence-electron chi connectivity index (χ2n) is 5.20. The molecule has 0 saturated heterocycles. The van der Waals surface area contributed by atoms with Crippen molar-refractivity contribution < 1.29 is 19.1 Å². The van der Waals surface area contributed by atoms with E-state index >= 15 is 0 Å². The molecule has 2 N–H and O–H groups in total. The number of nitrogens with one attached hydrogen (secondary N) is 2. The molecule has 0 heterocycles. The van der Waals surface area contributed by atoms with Gasteiger partial charge in [-0.05, 0) is 32.4 Å². The molecule has 0 spiro atoms. The molecule has 1 atom stereocenters. The van der Waals surface area contributed by atoms with E-state index in [0.29, 0.717) is 25.1 Å². The number of carbonyl (C=O) groups excluding carboxylic acids is 3. The summed E-state index contributed by atoms with van der Waals surface area (Å²) < 4.78 is 4.80. The highest BCUT2D eigenvalue weighted by Gasteiger charge is 2.13. The van der Waals surface area contributed by atoms with Crippen molar-refractivity contribution in [1.29, 1.82) is 0 Å². The molecule has 1 rings (SSSR count). The Bertz CT molecular complexity index is 517. The minimum Gasteiger partial charge on any atom is -0.466 e. The van der Waals surface area contributed by atoms with Gasteiger partial charge < -0.3 is 15.4 Å². The summed E-state index contributed by atoms with van der Waals surface area (Å²) in [5.41, 5.74) is 0.564. The standard InChI is InChI=1S/C17H24N2O4/c1-3-23-16(21)10-7-11-18-15(20)12-13(2)19-17(22)14-8-5-4-6-9-14/h4-6,8-9,13H,3,7,10-12H2,1-2H3,(H,18,20)(H,19,22). The van der Waals surface area contributed by atoms with E-state index in [1.54, 1.807) is 38.1 Å². The zero-order chi connectivity index (χ0) is 17.1. The minimum atomic E-state index is -0.271. The molecule has 0 saturated carbocycles. The molecule has 0 fully saturated rings. The lowest BCUT2D eigenvalue weighted by molar-refractivity contribution is -0.143. The van der Waals surface area contributed by atoms with Crippen LogP contribution in [0.4, 0.5) is 0 Å². The molecule has 6 nitrogen and oxygen atoms in total. The van der Waals surface area contributed by atoms with Crippen LogP contribution >= 0.6 is 0 Å². The topological polar surface area (TPSA) is 84.5 Å². The number of esters is 1. The number of carbonyl (C=O) groups is 3. The summed E-state index contributed by atoms with van der Waals surface area (Å²) in [6.45, 7) is 4.31. The number of rotatable bonds is 9. The predicted molar refractivity (Wildman–Crippen MR) is 86.9 cm³/mol. The third-order valence-corrected chi connectivity index (χ3v) is 3.09. The van der Waals surface area contributed by atoms with Crippen LogP contribution in [0.25, 0.3) is 0 Å². The predicted octanol–water partition coefficient (Wildman–Crippen LogP) is 1.65. The van der Waals surface area contributed by atoms with Crippen LogP contribution in [0.2, 0.25) is 0 Å². The van der Waals surface area contributed by atoms with E-state index in [2.05, 4.69) is 10.6 Å². The van der Waals surface area contributed by atoms with Gasteiger partial charge in [0.1, 0.15) is 0 Å². The van der Waals surface area contributed by atoms with Crippen molar-refractivity contribution in [1.82, 2.24) is 10.6 Å². The van der Waals surface area contributed by atoms with Crippen molar-refractivity contribution in [3.63, 3.8) is 0 Å². The Morgan fingerprint density at radius 3 is 2.52 bits per heavy atom. The molecule has 0 aliphatic carbocycles. The number of hydrogen-bond donors (Lipinski definition) is 2. The van der Waals surface area contributed by atoms with Crippen LogP contribution in [0.3, 0.4) is 0 Å². The van der Waals surface area contributed by atoms with Crippen molar-refractivity contribution in [2.75, 3.05) is 13.2 Å². The van der Waals surface area contributed by atoms with Gasteiger partial charge in [-0.15, -0.1) is 0 Å². The second kappa shape index (κ2) is 10.4. The minimum absolute atomic E-state index is 0.158. The van der Waals surface area contributed by atoms with E-state index < -0.39 is 0 Å². The maximum atomic E-state index is 11.9. The smallest absolute Gasteiger partial charge is 0.305 e. The zero-order valence-corrected chi connectivity index (χ0v) is 13.6. The SMILES string of the molecule is CCOC(=O)CCCNC(=O)CC(C)NC(=O)c1ccccc1. The average Bonchev–Trinajstić information content (AvgIpc) is 2.52. The van der Waals surface area contributed by atoms with Crippen LogP contribution in [0, 0.1) is 0 Å². The molecule has 0 aliphatic rings. The fraction of sp³-hybridized carbons (Fsp3) is 0.471. The maximum Gasteiger partial charge on any atom is 0.305 e. The van der Waals surface area contributed by atoms with E-state index in [1.807, 2.05) is 6.07 Å². The summed E-state index contributed by atoms with van der Waals surface area (Å²) in [6.07, 6.45) is 1.02. The molecular formula is C17H24N2O4. The number of benzene rings is 1. The molecule has 126 valence electrons. The quantitative estimate of drug-likeness (QED) is 0.535. The fourth-order valence-corrected chi connectivity index (χ4v) is 1.99. The van der Waals surface area contributed by atoms with Crippen LogP contribution in [0.15, 0.2) is 30.3 Å². The molecule has 1 unspecified atom stereocenters. The zero-order valence-electron chi connectivity index (χ0n) is 13.6. The first-order chi connectivity index (χ1) is 11.0. The largest absolute Gasteiger partial charge is 0.466 e. The first-order valence-corrected chi connectivity index (χ1v) is 7.81. The van der Waals surface area contributed by atoms with Gasteiger partial charge in [0.05, 0.1) is 6.61 Å². The van der Waals surface area contributed by atoms with Crippen molar-refractivity contribution in [3.8, 4) is 0 Å². The molecule has 2 amide bonds. The Morgan fingerprint density at radius 1 is 1.17 bits per heavy atom. The summed E-state index contributed by atoms with van der Waals surface area (Å²) in [7, 11) is 0. The number of amides is 2. The van der Waals surface area contributed by atoms with E-state index in [0.717, 1.165) is 0 Å². The summed E-state index contributed by atoms with van der Waals surface area (Å²) in [4.78, 5) is 34.8. The third kappa shape index (κ3) is 7.99. The molecule has 0 bridgehead atoms. The average molecular weight is 320 g/mol. The molecule has 1 aromatic rings. The Morgan fingerprint density at radius 2 is 1.87 bits per heavy atom. The van der Waals surface area contributed by atoms with Crippen molar-refractivity contribution >= 4 is 17.8 Å². The summed E-state index contributed by atoms with van der Waals surface area (Å²) in [5.74, 6) is -0.617. The first kappa shape index (κ1) is 18.7. The highest BCUT2D eigenvalue weighted by atomic mass is 16.5. The van der Waals surface area contributed by atoms with Crippen LogP contribution in [0.1, 0.15) is 43.5 Å².